The summed E-state index contributed by atoms with van der Waals surface area (Å²) in [5.41, 5.74) is 5.39. The van der Waals surface area contributed by atoms with Gasteiger partial charge < -0.3 is 29.6 Å². The van der Waals surface area contributed by atoms with E-state index in [0.29, 0.717) is 48.2 Å². The lowest BCUT2D eigenvalue weighted by molar-refractivity contribution is -0.116. The molecule has 0 bridgehead atoms. The van der Waals surface area contributed by atoms with E-state index >= 15 is 0 Å². The highest BCUT2D eigenvalue weighted by molar-refractivity contribution is 6.01. The highest BCUT2D eigenvalue weighted by atomic mass is 16.5. The number of carbonyl (C=O) groups excluding carboxylic acids is 1. The minimum Gasteiger partial charge on any atom is -0.493 e. The van der Waals surface area contributed by atoms with Gasteiger partial charge in [0.25, 0.3) is 0 Å². The smallest absolute Gasteiger partial charge is 0.203 e. The molecule has 2 unspecified atom stereocenters. The van der Waals surface area contributed by atoms with E-state index in [4.69, 9.17) is 18.9 Å². The number of hydrogen-bond donors (Lipinski definition) is 2. The van der Waals surface area contributed by atoms with Gasteiger partial charge in [0.1, 0.15) is 5.75 Å². The fourth-order valence-corrected chi connectivity index (χ4v) is 5.41. The number of methoxy groups -OCH3 is 3. The van der Waals surface area contributed by atoms with Crippen molar-refractivity contribution in [2.24, 2.45) is 5.92 Å². The molecule has 0 amide bonds. The van der Waals surface area contributed by atoms with Crippen LogP contribution in [0, 0.1) is 5.92 Å². The Kier molecular flexibility index (Phi) is 7.68. The first-order valence-electron chi connectivity index (χ1n) is 13.3. The predicted molar refractivity (Wildman–Crippen MR) is 153 cm³/mol. The molecule has 39 heavy (non-hydrogen) atoms. The molecule has 7 nitrogen and oxygen atoms in total. The summed E-state index contributed by atoms with van der Waals surface area (Å²) >= 11 is 0. The number of benzene rings is 3. The van der Waals surface area contributed by atoms with Crippen molar-refractivity contribution in [3.05, 3.63) is 83.1 Å². The second kappa shape index (κ2) is 11.3. The highest BCUT2D eigenvalue weighted by Gasteiger charge is 2.38. The highest BCUT2D eigenvalue weighted by Crippen LogP contribution is 2.49. The first-order valence-corrected chi connectivity index (χ1v) is 13.3. The first-order chi connectivity index (χ1) is 18.9. The van der Waals surface area contributed by atoms with Crippen LogP contribution in [0.5, 0.6) is 23.0 Å². The van der Waals surface area contributed by atoms with Crippen molar-refractivity contribution < 1.29 is 23.7 Å². The Balaban J connectivity index is 1.55. The van der Waals surface area contributed by atoms with E-state index in [2.05, 4.69) is 36.6 Å². The fraction of sp³-hybridized carbons (Fsp3) is 0.344. The van der Waals surface area contributed by atoms with Crippen LogP contribution in [0.15, 0.2) is 71.9 Å². The van der Waals surface area contributed by atoms with Gasteiger partial charge in [-0.2, -0.15) is 0 Å². The van der Waals surface area contributed by atoms with Crippen LogP contribution in [-0.4, -0.2) is 33.7 Å². The minimum absolute atomic E-state index is 0.0566. The number of nitrogens with one attached hydrogen (secondary N) is 2. The number of carbonyl (C=O) groups is 1. The molecule has 2 N–H and O–H groups in total. The van der Waals surface area contributed by atoms with E-state index in [0.717, 1.165) is 33.9 Å². The van der Waals surface area contributed by atoms with Gasteiger partial charge in [0, 0.05) is 23.3 Å². The van der Waals surface area contributed by atoms with Crippen LogP contribution >= 0.6 is 0 Å². The lowest BCUT2D eigenvalue weighted by Crippen LogP contribution is -2.27. The van der Waals surface area contributed by atoms with Crippen LogP contribution in [0.3, 0.4) is 0 Å². The first kappa shape index (κ1) is 26.5. The van der Waals surface area contributed by atoms with Crippen molar-refractivity contribution in [1.29, 1.82) is 0 Å². The number of Topliss-reactive ketones (excluding diaryl/α,β-unsaturated/α-hetero) is 1. The molecular formula is C32H36N2O5. The van der Waals surface area contributed by atoms with E-state index in [9.17, 15) is 4.79 Å². The van der Waals surface area contributed by atoms with Crippen molar-refractivity contribution in [3.63, 3.8) is 0 Å². The molecule has 1 heterocycles. The number of anilines is 2. The number of para-hydroxylation sites is 2. The van der Waals surface area contributed by atoms with Crippen molar-refractivity contribution in [3.8, 4) is 23.0 Å². The molecule has 0 radical (unpaired) electrons. The van der Waals surface area contributed by atoms with Gasteiger partial charge in [-0.3, -0.25) is 4.79 Å². The fourth-order valence-electron chi connectivity index (χ4n) is 5.41. The van der Waals surface area contributed by atoms with E-state index in [1.807, 2.05) is 48.5 Å². The zero-order valence-electron chi connectivity index (χ0n) is 23.2. The van der Waals surface area contributed by atoms with Crippen LogP contribution in [-0.2, 0) is 4.79 Å². The topological polar surface area (TPSA) is 78.1 Å². The lowest BCUT2D eigenvalue weighted by Gasteiger charge is -2.31. The summed E-state index contributed by atoms with van der Waals surface area (Å²) in [7, 11) is 4.78. The van der Waals surface area contributed by atoms with Gasteiger partial charge in [-0.25, -0.2) is 0 Å². The third-order valence-corrected chi connectivity index (χ3v) is 7.29. The molecule has 0 fully saturated rings. The Bertz CT molecular complexity index is 1380. The molecule has 2 atom stereocenters. The Hall–Kier alpha value is -4.13. The summed E-state index contributed by atoms with van der Waals surface area (Å²) in [6.07, 6.45) is 1.12. The molecule has 3 aromatic carbocycles. The van der Waals surface area contributed by atoms with Gasteiger partial charge in [0.15, 0.2) is 17.3 Å². The van der Waals surface area contributed by atoms with Gasteiger partial charge in [-0.15, -0.1) is 0 Å². The summed E-state index contributed by atoms with van der Waals surface area (Å²) in [5, 5.41) is 7.22. The molecule has 0 saturated heterocycles. The van der Waals surface area contributed by atoms with E-state index in [1.54, 1.807) is 21.3 Å². The van der Waals surface area contributed by atoms with Crippen molar-refractivity contribution in [1.82, 2.24) is 0 Å². The Morgan fingerprint density at radius 2 is 1.56 bits per heavy atom. The summed E-state index contributed by atoms with van der Waals surface area (Å²) in [4.78, 5) is 14.0. The van der Waals surface area contributed by atoms with Gasteiger partial charge in [0.2, 0.25) is 5.75 Å². The Labute approximate surface area is 230 Å². The molecule has 0 aromatic heterocycles. The molecule has 1 aliphatic carbocycles. The number of allylic oxidation sites excluding steroid dienone is 1. The second-order valence-electron chi connectivity index (χ2n) is 10.4. The molecule has 0 saturated carbocycles. The molecule has 2 aliphatic rings. The van der Waals surface area contributed by atoms with Gasteiger partial charge in [0.05, 0.1) is 45.4 Å². The quantitative estimate of drug-likeness (QED) is 0.336. The van der Waals surface area contributed by atoms with Crippen LogP contribution in [0.2, 0.25) is 0 Å². The van der Waals surface area contributed by atoms with Crippen LogP contribution in [0.4, 0.5) is 11.4 Å². The molecule has 3 aromatic rings. The Morgan fingerprint density at radius 3 is 2.23 bits per heavy atom. The molecular weight excluding hydrogens is 492 g/mol. The predicted octanol–water partition coefficient (Wildman–Crippen LogP) is 6.73. The molecule has 7 heteroatoms. The molecule has 1 aliphatic heterocycles. The second-order valence-corrected chi connectivity index (χ2v) is 10.4. The van der Waals surface area contributed by atoms with Gasteiger partial charge in [-0.05, 0) is 60.2 Å². The maximum atomic E-state index is 14.0. The summed E-state index contributed by atoms with van der Waals surface area (Å²) in [5.74, 6) is 3.05. The maximum absolute atomic E-state index is 14.0. The number of ether oxygens (including phenoxy) is 4. The number of ketones is 1. The molecule has 0 spiro atoms. The number of hydrogen-bond acceptors (Lipinski definition) is 7. The van der Waals surface area contributed by atoms with Crippen LogP contribution < -0.4 is 29.6 Å². The summed E-state index contributed by atoms with van der Waals surface area (Å²) in [6.45, 7) is 4.94. The molecule has 5 rings (SSSR count). The van der Waals surface area contributed by atoms with E-state index in [-0.39, 0.29) is 11.7 Å². The zero-order chi connectivity index (χ0) is 27.5. The SMILES string of the molecule is COc1ccc(C2Nc3ccccc3NC3=C2C(=O)CC(c2ccc(OCC(C)C)cc2)C3)c(OC)c1OC. The molecule has 204 valence electrons. The average molecular weight is 529 g/mol. The standard InChI is InChI=1S/C32H36N2O5/c1-19(2)18-39-22-12-10-20(11-13-22)21-16-26-29(27(35)17-21)30(34-25-9-7-6-8-24(25)33-26)23-14-15-28(36-3)32(38-5)31(23)37-4/h6-15,19,21,30,33-34H,16-18H2,1-5H3. The third kappa shape index (κ3) is 5.26. The summed E-state index contributed by atoms with van der Waals surface area (Å²) in [6, 6.07) is 19.5. The van der Waals surface area contributed by atoms with E-state index < -0.39 is 6.04 Å². The Morgan fingerprint density at radius 1 is 0.846 bits per heavy atom. The lowest BCUT2D eigenvalue weighted by atomic mass is 9.78. The average Bonchev–Trinajstić information content (AvgIpc) is 3.12. The third-order valence-electron chi connectivity index (χ3n) is 7.29. The van der Waals surface area contributed by atoms with Crippen LogP contribution in [0.1, 0.15) is 49.8 Å². The maximum Gasteiger partial charge on any atom is 0.203 e. The minimum atomic E-state index is -0.439. The van der Waals surface area contributed by atoms with Crippen molar-refractivity contribution >= 4 is 17.2 Å². The monoisotopic (exact) mass is 528 g/mol. The largest absolute Gasteiger partial charge is 0.493 e. The number of rotatable bonds is 8. The van der Waals surface area contributed by atoms with Crippen molar-refractivity contribution in [2.75, 3.05) is 38.6 Å². The van der Waals surface area contributed by atoms with Gasteiger partial charge in [-0.1, -0.05) is 38.1 Å². The normalized spacial score (nSPS) is 18.4. The zero-order valence-corrected chi connectivity index (χ0v) is 23.2. The van der Waals surface area contributed by atoms with Crippen molar-refractivity contribution in [2.45, 2.75) is 38.6 Å². The summed E-state index contributed by atoms with van der Waals surface area (Å²) < 4.78 is 22.9. The number of fused-ring (bicyclic) bond motifs is 1. The van der Waals surface area contributed by atoms with Crippen LogP contribution in [0.25, 0.3) is 0 Å². The van der Waals surface area contributed by atoms with E-state index in [1.165, 1.54) is 0 Å². The van der Waals surface area contributed by atoms with Gasteiger partial charge >= 0.3 is 0 Å².